The van der Waals surface area contributed by atoms with Crippen LogP contribution in [0.25, 0.3) is 0 Å². The van der Waals surface area contributed by atoms with Crippen LogP contribution >= 0.6 is 0 Å². The molecule has 7 heteroatoms. The van der Waals surface area contributed by atoms with Gasteiger partial charge in [-0.25, -0.2) is 0 Å². The minimum Gasteiger partial charge on any atom is -0.393 e. The number of carbonyl (C=O) groups is 1. The number of carbonyl (C=O) groups excluding carboxylic acids is 1. The van der Waals surface area contributed by atoms with Crippen molar-refractivity contribution in [1.82, 2.24) is 25.1 Å². The van der Waals surface area contributed by atoms with Gasteiger partial charge in [0, 0.05) is 37.8 Å². The standard InChI is InChI=1S/C16H21N5O2/c1-10-3-13(7-17-6-10)16(23)18-8-12-4-11(5-14(12)22)15-20-19-9-21(15)2/h3,6-7,9,11-12,14,22H,4-5,8H2,1-2H3,(H,18,23)/t11-,12+,14+/m0/s1. The number of nitrogens with one attached hydrogen (secondary N) is 1. The molecule has 1 aliphatic rings. The van der Waals surface area contributed by atoms with Crippen LogP contribution in [0.2, 0.25) is 0 Å². The average molecular weight is 315 g/mol. The summed E-state index contributed by atoms with van der Waals surface area (Å²) in [6.07, 6.45) is 5.94. The van der Waals surface area contributed by atoms with Gasteiger partial charge in [-0.05, 0) is 31.4 Å². The molecule has 3 rings (SSSR count). The highest BCUT2D eigenvalue weighted by Crippen LogP contribution is 2.37. The van der Waals surface area contributed by atoms with Gasteiger partial charge >= 0.3 is 0 Å². The molecule has 1 amide bonds. The highest BCUT2D eigenvalue weighted by molar-refractivity contribution is 5.93. The van der Waals surface area contributed by atoms with Gasteiger partial charge < -0.3 is 15.0 Å². The molecule has 1 fully saturated rings. The lowest BCUT2D eigenvalue weighted by Gasteiger charge is -2.15. The predicted molar refractivity (Wildman–Crippen MR) is 83.8 cm³/mol. The second kappa shape index (κ2) is 6.45. The first-order valence-electron chi connectivity index (χ1n) is 7.76. The van der Waals surface area contributed by atoms with Crippen LogP contribution in [0.4, 0.5) is 0 Å². The molecule has 0 aromatic carbocycles. The summed E-state index contributed by atoms with van der Waals surface area (Å²) in [7, 11) is 1.90. The van der Waals surface area contributed by atoms with Gasteiger partial charge in [-0.15, -0.1) is 10.2 Å². The van der Waals surface area contributed by atoms with E-state index < -0.39 is 6.10 Å². The van der Waals surface area contributed by atoms with Crippen LogP contribution < -0.4 is 5.32 Å². The predicted octanol–water partition coefficient (Wildman–Crippen LogP) is 0.803. The molecule has 0 radical (unpaired) electrons. The molecule has 1 aliphatic carbocycles. The summed E-state index contributed by atoms with van der Waals surface area (Å²) in [5.41, 5.74) is 1.49. The van der Waals surface area contributed by atoms with Gasteiger partial charge in [0.15, 0.2) is 0 Å². The number of hydrogen-bond donors (Lipinski definition) is 2. The molecule has 2 heterocycles. The third-order valence-electron chi connectivity index (χ3n) is 4.43. The van der Waals surface area contributed by atoms with Gasteiger partial charge in [0.2, 0.25) is 0 Å². The average Bonchev–Trinajstić information content (AvgIpc) is 3.10. The number of pyridine rings is 1. The van der Waals surface area contributed by atoms with Crippen LogP contribution in [0, 0.1) is 12.8 Å². The molecule has 0 unspecified atom stereocenters. The van der Waals surface area contributed by atoms with Crippen LogP contribution in [-0.2, 0) is 7.05 Å². The number of aliphatic hydroxyl groups excluding tert-OH is 1. The van der Waals surface area contributed by atoms with Gasteiger partial charge in [0.05, 0.1) is 11.7 Å². The fourth-order valence-electron chi connectivity index (χ4n) is 3.20. The lowest BCUT2D eigenvalue weighted by atomic mass is 10.0. The van der Waals surface area contributed by atoms with Crippen LogP contribution in [0.1, 0.15) is 40.5 Å². The Kier molecular flexibility index (Phi) is 4.38. The molecule has 23 heavy (non-hydrogen) atoms. The fourth-order valence-corrected chi connectivity index (χ4v) is 3.20. The van der Waals surface area contributed by atoms with Crippen molar-refractivity contribution in [3.05, 3.63) is 41.7 Å². The Balaban J connectivity index is 1.58. The van der Waals surface area contributed by atoms with E-state index in [2.05, 4.69) is 20.5 Å². The summed E-state index contributed by atoms with van der Waals surface area (Å²) in [5.74, 6) is 0.940. The second-order valence-electron chi connectivity index (χ2n) is 6.26. The number of rotatable bonds is 4. The smallest absolute Gasteiger partial charge is 0.252 e. The maximum Gasteiger partial charge on any atom is 0.252 e. The monoisotopic (exact) mass is 315 g/mol. The van der Waals surface area contributed by atoms with Crippen LogP contribution in [-0.4, -0.2) is 43.4 Å². The van der Waals surface area contributed by atoms with E-state index >= 15 is 0 Å². The summed E-state index contributed by atoms with van der Waals surface area (Å²) in [4.78, 5) is 16.2. The first-order valence-corrected chi connectivity index (χ1v) is 7.76. The molecule has 0 saturated heterocycles. The van der Waals surface area contributed by atoms with E-state index in [1.54, 1.807) is 24.8 Å². The van der Waals surface area contributed by atoms with Gasteiger partial charge in [-0.1, -0.05) is 0 Å². The Morgan fingerprint density at radius 1 is 1.43 bits per heavy atom. The second-order valence-corrected chi connectivity index (χ2v) is 6.26. The molecule has 0 spiro atoms. The molecule has 3 atom stereocenters. The van der Waals surface area contributed by atoms with E-state index in [4.69, 9.17) is 0 Å². The molecule has 0 aliphatic heterocycles. The molecule has 122 valence electrons. The van der Waals surface area contributed by atoms with E-state index in [1.807, 2.05) is 18.5 Å². The van der Waals surface area contributed by atoms with Gasteiger partial charge in [-0.2, -0.15) is 0 Å². The quantitative estimate of drug-likeness (QED) is 0.870. The number of aliphatic hydroxyl groups is 1. The van der Waals surface area contributed by atoms with E-state index in [0.717, 1.165) is 17.8 Å². The van der Waals surface area contributed by atoms with Crippen LogP contribution in [0.15, 0.2) is 24.8 Å². The topological polar surface area (TPSA) is 92.9 Å². The highest BCUT2D eigenvalue weighted by atomic mass is 16.3. The Hall–Kier alpha value is -2.28. The van der Waals surface area contributed by atoms with Crippen molar-refractivity contribution in [2.45, 2.75) is 31.8 Å². The van der Waals surface area contributed by atoms with Crippen LogP contribution in [0.3, 0.4) is 0 Å². The summed E-state index contributed by atoms with van der Waals surface area (Å²) >= 11 is 0. The van der Waals surface area contributed by atoms with E-state index in [1.165, 1.54) is 0 Å². The lowest BCUT2D eigenvalue weighted by molar-refractivity contribution is 0.0916. The molecular weight excluding hydrogens is 294 g/mol. The largest absolute Gasteiger partial charge is 0.393 e. The van der Waals surface area contributed by atoms with Crippen molar-refractivity contribution in [3.63, 3.8) is 0 Å². The third kappa shape index (κ3) is 3.39. The molecule has 2 aromatic rings. The Morgan fingerprint density at radius 2 is 2.26 bits per heavy atom. The zero-order valence-electron chi connectivity index (χ0n) is 13.3. The van der Waals surface area contributed by atoms with Crippen molar-refractivity contribution >= 4 is 5.91 Å². The minimum absolute atomic E-state index is 0.0263. The maximum atomic E-state index is 12.2. The maximum absolute atomic E-state index is 12.2. The van der Waals surface area contributed by atoms with Crippen LogP contribution in [0.5, 0.6) is 0 Å². The summed E-state index contributed by atoms with van der Waals surface area (Å²) in [5, 5.41) is 21.2. The summed E-state index contributed by atoms with van der Waals surface area (Å²) < 4.78 is 1.89. The molecule has 2 N–H and O–H groups in total. The number of hydrogen-bond acceptors (Lipinski definition) is 5. The zero-order valence-corrected chi connectivity index (χ0v) is 13.3. The van der Waals surface area contributed by atoms with Crippen molar-refractivity contribution in [2.24, 2.45) is 13.0 Å². The van der Waals surface area contributed by atoms with Gasteiger partial charge in [0.1, 0.15) is 12.2 Å². The van der Waals surface area contributed by atoms with E-state index in [9.17, 15) is 9.90 Å². The number of nitrogens with zero attached hydrogens (tertiary/aromatic N) is 4. The lowest BCUT2D eigenvalue weighted by Crippen LogP contribution is -2.32. The van der Waals surface area contributed by atoms with Crippen molar-refractivity contribution in [3.8, 4) is 0 Å². The summed E-state index contributed by atoms with van der Waals surface area (Å²) in [6, 6.07) is 1.80. The molecule has 2 aromatic heterocycles. The Labute approximate surface area is 134 Å². The molecular formula is C16H21N5O2. The number of amides is 1. The van der Waals surface area contributed by atoms with Crippen molar-refractivity contribution in [1.29, 1.82) is 0 Å². The first-order chi connectivity index (χ1) is 11.0. The fraction of sp³-hybridized carbons (Fsp3) is 0.500. The van der Waals surface area contributed by atoms with Crippen molar-refractivity contribution in [2.75, 3.05) is 6.54 Å². The normalized spacial score (nSPS) is 23.9. The molecule has 0 bridgehead atoms. The number of aryl methyl sites for hydroxylation is 2. The zero-order chi connectivity index (χ0) is 16.4. The van der Waals surface area contributed by atoms with Gasteiger partial charge in [0.25, 0.3) is 5.91 Å². The summed E-state index contributed by atoms with van der Waals surface area (Å²) in [6.45, 7) is 2.35. The Bertz CT molecular complexity index is 699. The molecule has 7 nitrogen and oxygen atoms in total. The van der Waals surface area contributed by atoms with Gasteiger partial charge in [-0.3, -0.25) is 9.78 Å². The molecule has 1 saturated carbocycles. The van der Waals surface area contributed by atoms with E-state index in [-0.39, 0.29) is 17.7 Å². The first kappa shape index (κ1) is 15.6. The SMILES string of the molecule is Cc1cncc(C(=O)NC[C@H]2C[C@H](c3nncn3C)C[C@H]2O)c1. The third-order valence-corrected chi connectivity index (χ3v) is 4.43. The Morgan fingerprint density at radius 3 is 2.96 bits per heavy atom. The number of aromatic nitrogens is 4. The minimum atomic E-state index is -0.437. The van der Waals surface area contributed by atoms with Crippen molar-refractivity contribution < 1.29 is 9.90 Å². The van der Waals surface area contributed by atoms with E-state index in [0.29, 0.717) is 18.5 Å². The highest BCUT2D eigenvalue weighted by Gasteiger charge is 2.36.